The normalized spacial score (nSPS) is 16.9. The minimum atomic E-state index is -5.18. The van der Waals surface area contributed by atoms with Gasteiger partial charge in [-0.3, -0.25) is 9.69 Å². The van der Waals surface area contributed by atoms with E-state index in [1.807, 2.05) is 47.4 Å². The molecular formula is C24H26F3NO5. The van der Waals surface area contributed by atoms with Crippen LogP contribution in [0.1, 0.15) is 30.1 Å². The number of aryl methyl sites for hydroxylation is 1. The van der Waals surface area contributed by atoms with Crippen molar-refractivity contribution in [1.82, 2.24) is 4.90 Å². The highest BCUT2D eigenvalue weighted by Gasteiger charge is 2.42. The maximum absolute atomic E-state index is 12.2. The molecule has 178 valence electrons. The van der Waals surface area contributed by atoms with E-state index in [1.165, 1.54) is 5.56 Å². The van der Waals surface area contributed by atoms with Crippen LogP contribution < -0.4 is 4.74 Å². The van der Waals surface area contributed by atoms with E-state index in [0.29, 0.717) is 26.3 Å². The second-order valence-electron chi connectivity index (χ2n) is 7.68. The first-order chi connectivity index (χ1) is 15.8. The summed E-state index contributed by atoms with van der Waals surface area (Å²) in [6.07, 6.45) is -3.88. The molecular weight excluding hydrogens is 439 g/mol. The Hall–Kier alpha value is -2.91. The van der Waals surface area contributed by atoms with Gasteiger partial charge >= 0.3 is 18.1 Å². The van der Waals surface area contributed by atoms with Crippen molar-refractivity contribution in [3.05, 3.63) is 65.7 Å². The minimum absolute atomic E-state index is 0.173. The highest BCUT2D eigenvalue weighted by atomic mass is 19.4. The highest BCUT2D eigenvalue weighted by molar-refractivity contribution is 5.88. The monoisotopic (exact) mass is 465 g/mol. The zero-order valence-electron chi connectivity index (χ0n) is 18.1. The van der Waals surface area contributed by atoms with Gasteiger partial charge in [0.05, 0.1) is 25.7 Å². The number of esters is 2. The van der Waals surface area contributed by atoms with Crippen molar-refractivity contribution in [1.29, 1.82) is 0 Å². The standard InChI is InChI=1S/C24H26F3NO5/c25-24(26,27)23(30)33-22(29)12-13-28-14-16-32-21(17-28)19-8-10-20(11-9-19)31-15-4-7-18-5-2-1-3-6-18/h1-3,5-6,8-11,21H,4,7,12-17H2. The van der Waals surface area contributed by atoms with Crippen molar-refractivity contribution in [2.75, 3.05) is 32.8 Å². The molecule has 2 aromatic carbocycles. The molecule has 1 unspecified atom stereocenters. The number of benzene rings is 2. The van der Waals surface area contributed by atoms with E-state index in [0.717, 1.165) is 24.2 Å². The molecule has 0 saturated carbocycles. The average molecular weight is 465 g/mol. The van der Waals surface area contributed by atoms with E-state index in [4.69, 9.17) is 9.47 Å². The van der Waals surface area contributed by atoms with Gasteiger partial charge in [0, 0.05) is 19.6 Å². The Balaban J connectivity index is 1.40. The largest absolute Gasteiger partial charge is 0.494 e. The van der Waals surface area contributed by atoms with E-state index in [-0.39, 0.29) is 19.1 Å². The molecule has 0 bridgehead atoms. The third-order valence-electron chi connectivity index (χ3n) is 5.19. The van der Waals surface area contributed by atoms with Gasteiger partial charge in [-0.25, -0.2) is 4.79 Å². The maximum Gasteiger partial charge on any atom is 0.491 e. The van der Waals surface area contributed by atoms with Crippen LogP contribution in [0, 0.1) is 0 Å². The van der Waals surface area contributed by atoms with Crippen molar-refractivity contribution >= 4 is 11.9 Å². The zero-order chi connectivity index (χ0) is 23.7. The highest BCUT2D eigenvalue weighted by Crippen LogP contribution is 2.25. The van der Waals surface area contributed by atoms with Crippen LogP contribution in [0.5, 0.6) is 5.75 Å². The molecule has 0 radical (unpaired) electrons. The Morgan fingerprint density at radius 2 is 1.79 bits per heavy atom. The van der Waals surface area contributed by atoms with Crippen LogP contribution >= 0.6 is 0 Å². The van der Waals surface area contributed by atoms with Crippen molar-refractivity contribution in [3.63, 3.8) is 0 Å². The molecule has 1 heterocycles. The van der Waals surface area contributed by atoms with Crippen molar-refractivity contribution in [2.45, 2.75) is 31.5 Å². The predicted molar refractivity (Wildman–Crippen MR) is 114 cm³/mol. The molecule has 1 atom stereocenters. The fraction of sp³-hybridized carbons (Fsp3) is 0.417. The number of hydrogen-bond donors (Lipinski definition) is 0. The van der Waals surface area contributed by atoms with Gasteiger partial charge in [0.25, 0.3) is 0 Å². The number of hydrogen-bond acceptors (Lipinski definition) is 6. The van der Waals surface area contributed by atoms with Gasteiger partial charge < -0.3 is 14.2 Å². The smallest absolute Gasteiger partial charge is 0.491 e. The fourth-order valence-corrected chi connectivity index (χ4v) is 3.46. The lowest BCUT2D eigenvalue weighted by Crippen LogP contribution is -2.39. The van der Waals surface area contributed by atoms with Gasteiger partial charge in [0.2, 0.25) is 0 Å². The van der Waals surface area contributed by atoms with Crippen LogP contribution in [0.2, 0.25) is 0 Å². The van der Waals surface area contributed by atoms with Crippen molar-refractivity contribution in [2.24, 2.45) is 0 Å². The average Bonchev–Trinajstić information content (AvgIpc) is 2.81. The maximum atomic E-state index is 12.2. The first kappa shape index (κ1) is 24.7. The van der Waals surface area contributed by atoms with Crippen molar-refractivity contribution in [3.8, 4) is 5.75 Å². The predicted octanol–water partition coefficient (Wildman–Crippen LogP) is 4.09. The first-order valence-electron chi connectivity index (χ1n) is 10.7. The van der Waals surface area contributed by atoms with Crippen LogP contribution in [-0.4, -0.2) is 55.9 Å². The Morgan fingerprint density at radius 3 is 2.48 bits per heavy atom. The number of alkyl halides is 3. The minimum Gasteiger partial charge on any atom is -0.494 e. The topological polar surface area (TPSA) is 65.1 Å². The molecule has 0 N–H and O–H groups in total. The number of carbonyl (C=O) groups is 2. The zero-order valence-corrected chi connectivity index (χ0v) is 18.1. The molecule has 0 aliphatic carbocycles. The summed E-state index contributed by atoms with van der Waals surface area (Å²) in [5.74, 6) is -2.93. The summed E-state index contributed by atoms with van der Waals surface area (Å²) in [7, 11) is 0. The summed E-state index contributed by atoms with van der Waals surface area (Å²) in [5, 5.41) is 0. The summed E-state index contributed by atoms with van der Waals surface area (Å²) in [5.41, 5.74) is 2.21. The number of ether oxygens (including phenoxy) is 3. The second kappa shape index (κ2) is 11.8. The van der Waals surface area contributed by atoms with Crippen LogP contribution in [-0.2, 0) is 25.5 Å². The number of morpholine rings is 1. The molecule has 3 rings (SSSR count). The summed E-state index contributed by atoms with van der Waals surface area (Å²) in [6.45, 7) is 2.19. The molecule has 6 nitrogen and oxygen atoms in total. The van der Waals surface area contributed by atoms with Gasteiger partial charge in [-0.05, 0) is 36.1 Å². The third-order valence-corrected chi connectivity index (χ3v) is 5.19. The third kappa shape index (κ3) is 8.18. The lowest BCUT2D eigenvalue weighted by molar-refractivity contribution is -0.202. The van der Waals surface area contributed by atoms with Crippen LogP contribution in [0.15, 0.2) is 54.6 Å². The molecule has 0 spiro atoms. The molecule has 1 saturated heterocycles. The van der Waals surface area contributed by atoms with Crippen molar-refractivity contribution < 1.29 is 37.0 Å². The molecule has 2 aromatic rings. The number of nitrogens with zero attached hydrogens (tertiary/aromatic N) is 1. The van der Waals surface area contributed by atoms with E-state index in [1.54, 1.807) is 0 Å². The summed E-state index contributed by atoms with van der Waals surface area (Å²) in [6, 6.07) is 17.8. The first-order valence-corrected chi connectivity index (χ1v) is 10.7. The summed E-state index contributed by atoms with van der Waals surface area (Å²) < 4.78 is 51.9. The Labute approximate surface area is 190 Å². The Morgan fingerprint density at radius 1 is 1.06 bits per heavy atom. The van der Waals surface area contributed by atoms with E-state index < -0.39 is 18.1 Å². The van der Waals surface area contributed by atoms with E-state index in [9.17, 15) is 22.8 Å². The number of rotatable bonds is 9. The molecule has 1 aliphatic heterocycles. The number of carbonyl (C=O) groups excluding carboxylic acids is 2. The Bertz CT molecular complexity index is 903. The molecule has 33 heavy (non-hydrogen) atoms. The van der Waals surface area contributed by atoms with Crippen LogP contribution in [0.3, 0.4) is 0 Å². The van der Waals surface area contributed by atoms with Gasteiger partial charge in [-0.2, -0.15) is 13.2 Å². The quantitative estimate of drug-likeness (QED) is 0.316. The van der Waals surface area contributed by atoms with Gasteiger partial charge in [-0.1, -0.05) is 42.5 Å². The SMILES string of the molecule is O=C(CCN1CCOC(c2ccc(OCCCc3ccccc3)cc2)C1)OC(=O)C(F)(F)F. The number of halogens is 3. The molecule has 0 amide bonds. The van der Waals surface area contributed by atoms with E-state index >= 15 is 0 Å². The van der Waals surface area contributed by atoms with Crippen LogP contribution in [0.4, 0.5) is 13.2 Å². The lowest BCUT2D eigenvalue weighted by atomic mass is 10.1. The summed E-state index contributed by atoms with van der Waals surface area (Å²) in [4.78, 5) is 24.1. The van der Waals surface area contributed by atoms with Gasteiger partial charge in [0.15, 0.2) is 0 Å². The van der Waals surface area contributed by atoms with Gasteiger partial charge in [0.1, 0.15) is 5.75 Å². The second-order valence-corrected chi connectivity index (χ2v) is 7.68. The fourth-order valence-electron chi connectivity index (χ4n) is 3.46. The molecule has 9 heteroatoms. The van der Waals surface area contributed by atoms with Gasteiger partial charge in [-0.15, -0.1) is 0 Å². The van der Waals surface area contributed by atoms with E-state index in [2.05, 4.69) is 16.9 Å². The Kier molecular flexibility index (Phi) is 8.85. The summed E-state index contributed by atoms with van der Waals surface area (Å²) >= 11 is 0. The van der Waals surface area contributed by atoms with Crippen LogP contribution in [0.25, 0.3) is 0 Å². The lowest BCUT2D eigenvalue weighted by Gasteiger charge is -2.33. The molecule has 0 aromatic heterocycles. The molecule has 1 fully saturated rings. The molecule has 1 aliphatic rings.